The maximum atomic E-state index is 12.2. The third kappa shape index (κ3) is 3.46. The Morgan fingerprint density at radius 3 is 2.72 bits per heavy atom. The molecule has 5 rings (SSSR count). The molecule has 1 aliphatic heterocycles. The first-order valence-electron chi connectivity index (χ1n) is 9.88. The molecule has 0 bridgehead atoms. The normalized spacial score (nSPS) is 20.0. The fourth-order valence-electron chi connectivity index (χ4n) is 4.32. The minimum Gasteiger partial charge on any atom is -0.369 e. The molecule has 0 amide bonds. The van der Waals surface area contributed by atoms with Gasteiger partial charge < -0.3 is 9.88 Å². The van der Waals surface area contributed by atoms with E-state index in [1.54, 1.807) is 5.51 Å². The van der Waals surface area contributed by atoms with Crippen molar-refractivity contribution in [1.82, 2.24) is 14.9 Å². The summed E-state index contributed by atoms with van der Waals surface area (Å²) in [5.74, 6) is 0. The summed E-state index contributed by atoms with van der Waals surface area (Å²) in [5.41, 5.74) is 6.21. The van der Waals surface area contributed by atoms with Crippen molar-refractivity contribution in [1.29, 1.82) is 5.26 Å². The lowest BCUT2D eigenvalue weighted by Gasteiger charge is -2.38. The first kappa shape index (κ1) is 18.1. The van der Waals surface area contributed by atoms with Crippen LogP contribution in [0, 0.1) is 11.3 Å². The smallest absolute Gasteiger partial charge is 0.275 e. The number of aromatic amines is 1. The highest BCUT2D eigenvalue weighted by atomic mass is 32.1. The molecule has 1 aliphatic carbocycles. The SMILES string of the molecule is N#Cc1ccc(N2CCN(C3C=C(c4cc5scnc5c(=O)[nH]4)CC3)CC2)cc1. The van der Waals surface area contributed by atoms with E-state index >= 15 is 0 Å². The Bertz CT molecular complexity index is 1160. The van der Waals surface area contributed by atoms with Gasteiger partial charge in [-0.25, -0.2) is 4.98 Å². The van der Waals surface area contributed by atoms with Gasteiger partial charge in [-0.3, -0.25) is 9.69 Å². The van der Waals surface area contributed by atoms with Crippen molar-refractivity contribution in [2.75, 3.05) is 31.1 Å². The molecule has 29 heavy (non-hydrogen) atoms. The van der Waals surface area contributed by atoms with Crippen molar-refractivity contribution < 1.29 is 0 Å². The van der Waals surface area contributed by atoms with Crippen LogP contribution >= 0.6 is 11.3 Å². The van der Waals surface area contributed by atoms with Gasteiger partial charge in [-0.15, -0.1) is 11.3 Å². The zero-order valence-corrected chi connectivity index (χ0v) is 16.8. The molecule has 1 fully saturated rings. The topological polar surface area (TPSA) is 76.0 Å². The monoisotopic (exact) mass is 403 g/mol. The summed E-state index contributed by atoms with van der Waals surface area (Å²) < 4.78 is 0.948. The summed E-state index contributed by atoms with van der Waals surface area (Å²) in [7, 11) is 0. The molecule has 1 saturated heterocycles. The molecule has 6 nitrogen and oxygen atoms in total. The fourth-order valence-corrected chi connectivity index (χ4v) is 5.04. The van der Waals surface area contributed by atoms with E-state index in [0.29, 0.717) is 17.1 Å². The van der Waals surface area contributed by atoms with Crippen LogP contribution in [0.2, 0.25) is 0 Å². The summed E-state index contributed by atoms with van der Waals surface area (Å²) in [5, 5.41) is 8.96. The molecule has 1 atom stereocenters. The number of anilines is 1. The van der Waals surface area contributed by atoms with E-state index in [2.05, 4.69) is 38.0 Å². The molecule has 2 aliphatic rings. The van der Waals surface area contributed by atoms with Crippen molar-refractivity contribution in [2.24, 2.45) is 0 Å². The number of allylic oxidation sites excluding steroid dienone is 1. The molecule has 0 saturated carbocycles. The van der Waals surface area contributed by atoms with E-state index in [-0.39, 0.29) is 5.56 Å². The van der Waals surface area contributed by atoms with Crippen molar-refractivity contribution in [3.63, 3.8) is 0 Å². The van der Waals surface area contributed by atoms with Crippen LogP contribution in [0.15, 0.2) is 46.7 Å². The van der Waals surface area contributed by atoms with Gasteiger partial charge in [-0.05, 0) is 48.7 Å². The van der Waals surface area contributed by atoms with Crippen molar-refractivity contribution in [2.45, 2.75) is 18.9 Å². The predicted molar refractivity (Wildman–Crippen MR) is 116 cm³/mol. The van der Waals surface area contributed by atoms with Crippen LogP contribution in [0.5, 0.6) is 0 Å². The Morgan fingerprint density at radius 2 is 1.97 bits per heavy atom. The number of nitriles is 1. The number of thiazole rings is 1. The average Bonchev–Trinajstić information content (AvgIpc) is 3.44. The Balaban J connectivity index is 1.27. The summed E-state index contributed by atoms with van der Waals surface area (Å²) in [6, 6.07) is 12.5. The summed E-state index contributed by atoms with van der Waals surface area (Å²) >= 11 is 1.51. The largest absolute Gasteiger partial charge is 0.369 e. The van der Waals surface area contributed by atoms with Crippen LogP contribution < -0.4 is 10.5 Å². The van der Waals surface area contributed by atoms with E-state index in [0.717, 1.165) is 49.4 Å². The molecule has 7 heteroatoms. The molecular formula is C22H21N5OS. The lowest BCUT2D eigenvalue weighted by molar-refractivity contribution is 0.214. The second-order valence-electron chi connectivity index (χ2n) is 7.56. The highest BCUT2D eigenvalue weighted by Crippen LogP contribution is 2.31. The number of hydrogen-bond donors (Lipinski definition) is 1. The summed E-state index contributed by atoms with van der Waals surface area (Å²) in [4.78, 5) is 24.3. The molecule has 0 spiro atoms. The highest BCUT2D eigenvalue weighted by molar-refractivity contribution is 7.16. The number of nitrogens with zero attached hydrogens (tertiary/aromatic N) is 4. The van der Waals surface area contributed by atoms with Crippen LogP contribution in [0.4, 0.5) is 5.69 Å². The van der Waals surface area contributed by atoms with E-state index in [4.69, 9.17) is 5.26 Å². The van der Waals surface area contributed by atoms with E-state index < -0.39 is 0 Å². The zero-order valence-electron chi connectivity index (χ0n) is 16.0. The standard InChI is InChI=1S/C22H21N5OS/c23-13-15-1-4-17(5-2-15)26-7-9-27(10-8-26)18-6-3-16(11-18)19-12-20-21(22(28)25-19)24-14-29-20/h1-2,4-5,11-12,14,18H,3,6-10H2,(H,25,28). The average molecular weight is 404 g/mol. The highest BCUT2D eigenvalue weighted by Gasteiger charge is 2.27. The molecule has 0 radical (unpaired) electrons. The molecule has 3 aromatic rings. The molecule has 3 heterocycles. The van der Waals surface area contributed by atoms with Crippen LogP contribution in [-0.4, -0.2) is 47.1 Å². The molecular weight excluding hydrogens is 382 g/mol. The van der Waals surface area contributed by atoms with Gasteiger partial charge in [0.1, 0.15) is 5.52 Å². The van der Waals surface area contributed by atoms with Gasteiger partial charge in [0.05, 0.1) is 21.8 Å². The van der Waals surface area contributed by atoms with E-state index in [1.807, 2.05) is 24.3 Å². The number of hydrogen-bond acceptors (Lipinski definition) is 6. The van der Waals surface area contributed by atoms with Crippen molar-refractivity contribution in [3.05, 3.63) is 63.5 Å². The number of fused-ring (bicyclic) bond motifs is 1. The maximum absolute atomic E-state index is 12.2. The molecule has 146 valence electrons. The number of rotatable bonds is 3. The second-order valence-corrected chi connectivity index (χ2v) is 8.44. The number of pyridine rings is 1. The minimum absolute atomic E-state index is 0.0980. The molecule has 1 aromatic carbocycles. The van der Waals surface area contributed by atoms with Crippen LogP contribution in [0.25, 0.3) is 15.8 Å². The van der Waals surface area contributed by atoms with Gasteiger partial charge in [0.15, 0.2) is 0 Å². The second kappa shape index (κ2) is 7.47. The number of nitrogens with one attached hydrogen (secondary N) is 1. The van der Waals surface area contributed by atoms with Gasteiger partial charge in [-0.2, -0.15) is 5.26 Å². The van der Waals surface area contributed by atoms with Crippen molar-refractivity contribution >= 4 is 32.8 Å². The molecule has 2 aromatic heterocycles. The molecule has 1 unspecified atom stereocenters. The Hall–Kier alpha value is -2.95. The number of aromatic nitrogens is 2. The lowest BCUT2D eigenvalue weighted by Crippen LogP contribution is -2.49. The molecule has 1 N–H and O–H groups in total. The van der Waals surface area contributed by atoms with E-state index in [1.165, 1.54) is 22.6 Å². The quantitative estimate of drug-likeness (QED) is 0.727. The third-order valence-electron chi connectivity index (χ3n) is 5.93. The zero-order chi connectivity index (χ0) is 19.8. The first-order valence-corrected chi connectivity index (χ1v) is 10.8. The predicted octanol–water partition coefficient (Wildman–Crippen LogP) is 3.22. The van der Waals surface area contributed by atoms with Gasteiger partial charge in [0.25, 0.3) is 5.56 Å². The van der Waals surface area contributed by atoms with Crippen LogP contribution in [-0.2, 0) is 0 Å². The lowest BCUT2D eigenvalue weighted by atomic mass is 10.1. The Labute approximate surface area is 172 Å². The minimum atomic E-state index is -0.0980. The number of benzene rings is 1. The number of H-pyrrole nitrogens is 1. The first-order chi connectivity index (χ1) is 14.2. The van der Waals surface area contributed by atoms with Gasteiger partial charge in [0, 0.05) is 43.6 Å². The van der Waals surface area contributed by atoms with Crippen LogP contribution in [0.1, 0.15) is 24.1 Å². The van der Waals surface area contributed by atoms with Gasteiger partial charge >= 0.3 is 0 Å². The number of piperazine rings is 1. The van der Waals surface area contributed by atoms with E-state index in [9.17, 15) is 4.79 Å². The Kier molecular flexibility index (Phi) is 4.66. The van der Waals surface area contributed by atoms with Gasteiger partial charge in [0.2, 0.25) is 0 Å². The maximum Gasteiger partial charge on any atom is 0.275 e. The van der Waals surface area contributed by atoms with Crippen LogP contribution in [0.3, 0.4) is 0 Å². The van der Waals surface area contributed by atoms with Gasteiger partial charge in [-0.1, -0.05) is 6.08 Å². The summed E-state index contributed by atoms with van der Waals surface area (Å²) in [6.45, 7) is 3.99. The van der Waals surface area contributed by atoms with Crippen molar-refractivity contribution in [3.8, 4) is 6.07 Å². The fraction of sp³-hybridized carbons (Fsp3) is 0.318. The summed E-state index contributed by atoms with van der Waals surface area (Å²) in [6.07, 6.45) is 4.41. The third-order valence-corrected chi connectivity index (χ3v) is 6.70. The Morgan fingerprint density at radius 1 is 1.17 bits per heavy atom.